The summed E-state index contributed by atoms with van der Waals surface area (Å²) < 4.78 is 15.7. The van der Waals surface area contributed by atoms with Crippen molar-refractivity contribution in [1.82, 2.24) is 20.9 Å². The van der Waals surface area contributed by atoms with Gasteiger partial charge in [-0.25, -0.2) is 14.4 Å². The lowest BCUT2D eigenvalue weighted by atomic mass is 9.95. The highest BCUT2D eigenvalue weighted by Crippen LogP contribution is 2.24. The molecule has 0 spiro atoms. The van der Waals surface area contributed by atoms with Gasteiger partial charge in [-0.05, 0) is 76.3 Å². The number of benzene rings is 2. The predicted molar refractivity (Wildman–Crippen MR) is 198 cm³/mol. The Labute approximate surface area is 308 Å². The molecule has 0 saturated carbocycles. The van der Waals surface area contributed by atoms with Crippen LogP contribution in [0.15, 0.2) is 72.8 Å². The summed E-state index contributed by atoms with van der Waals surface area (Å²) in [6.45, 7) is 10.2. The van der Waals surface area contributed by atoms with Gasteiger partial charge in [0.2, 0.25) is 11.8 Å². The Bertz CT molecular complexity index is 1480. The van der Waals surface area contributed by atoms with Gasteiger partial charge in [0.25, 0.3) is 0 Å². The van der Waals surface area contributed by atoms with Gasteiger partial charge in [0, 0.05) is 13.1 Å². The molecule has 12 nitrogen and oxygen atoms in total. The second-order valence-electron chi connectivity index (χ2n) is 14.5. The van der Waals surface area contributed by atoms with Gasteiger partial charge < -0.3 is 35.1 Å². The third-order valence-electron chi connectivity index (χ3n) is 8.41. The number of amides is 4. The number of rotatable bonds is 17. The monoisotopic (exact) mass is 720 g/mol. The van der Waals surface area contributed by atoms with Crippen LogP contribution in [0.2, 0.25) is 0 Å². The highest BCUT2D eigenvalue weighted by atomic mass is 16.6. The standard InChI is InChI=1S/C40H56N4O8/c1-28(2)25-32(42-39(49)52-40(3,4)5)22-21-31(26-29-15-9-7-10-16-29)36(46)44-24-14-20-34(44)35(45)43-33(37(47)50-6)19-13-23-41-38(48)51-27-30-17-11-8-12-18-30/h7-12,15-18,21-22,28,31-34H,13-14,19-20,23-27H2,1-6H3,(H,41,48)(H,42,49)(H,43,45)/b22-21+/t31-,32-,33?,34?/m1/s1. The number of carbonyl (C=O) groups excluding carboxylic acids is 5. The number of likely N-dealkylation sites (tertiary alicyclic amines) is 1. The third kappa shape index (κ3) is 14.8. The minimum absolute atomic E-state index is 0.133. The maximum atomic E-state index is 14.2. The number of nitrogens with one attached hydrogen (secondary N) is 3. The zero-order valence-electron chi connectivity index (χ0n) is 31.4. The topological polar surface area (TPSA) is 152 Å². The predicted octanol–water partition coefficient (Wildman–Crippen LogP) is 5.70. The van der Waals surface area contributed by atoms with E-state index in [2.05, 4.69) is 29.8 Å². The highest BCUT2D eigenvalue weighted by molar-refractivity contribution is 5.92. The van der Waals surface area contributed by atoms with Gasteiger partial charge in [-0.1, -0.05) is 86.7 Å². The summed E-state index contributed by atoms with van der Waals surface area (Å²) >= 11 is 0. The lowest BCUT2D eigenvalue weighted by Crippen LogP contribution is -2.52. The van der Waals surface area contributed by atoms with Gasteiger partial charge >= 0.3 is 18.2 Å². The van der Waals surface area contributed by atoms with Crippen molar-refractivity contribution in [3.63, 3.8) is 0 Å². The minimum Gasteiger partial charge on any atom is -0.467 e. The molecule has 0 radical (unpaired) electrons. The quantitative estimate of drug-likeness (QED) is 0.0816. The molecule has 4 atom stereocenters. The van der Waals surface area contributed by atoms with Crippen LogP contribution >= 0.6 is 0 Å². The van der Waals surface area contributed by atoms with E-state index in [1.165, 1.54) is 7.11 Å². The lowest BCUT2D eigenvalue weighted by Gasteiger charge is -2.29. The molecule has 3 rings (SSSR count). The fraction of sp³-hybridized carbons (Fsp3) is 0.525. The van der Waals surface area contributed by atoms with Crippen molar-refractivity contribution in [2.24, 2.45) is 11.8 Å². The molecule has 52 heavy (non-hydrogen) atoms. The molecular formula is C40H56N4O8. The molecule has 0 aromatic heterocycles. The van der Waals surface area contributed by atoms with Crippen LogP contribution in [-0.2, 0) is 41.6 Å². The zero-order valence-corrected chi connectivity index (χ0v) is 31.4. The smallest absolute Gasteiger partial charge is 0.408 e. The second kappa shape index (κ2) is 20.8. The van der Waals surface area contributed by atoms with E-state index in [-0.39, 0.29) is 37.4 Å². The van der Waals surface area contributed by atoms with Crippen molar-refractivity contribution in [2.75, 3.05) is 20.2 Å². The number of nitrogens with zero attached hydrogens (tertiary/aromatic N) is 1. The van der Waals surface area contributed by atoms with Crippen molar-refractivity contribution in [2.45, 2.75) is 103 Å². The van der Waals surface area contributed by atoms with Crippen molar-refractivity contribution >= 4 is 30.0 Å². The van der Waals surface area contributed by atoms with Crippen LogP contribution in [0, 0.1) is 11.8 Å². The zero-order chi connectivity index (χ0) is 38.1. The van der Waals surface area contributed by atoms with Crippen molar-refractivity contribution < 1.29 is 38.2 Å². The Kier molecular flexibility index (Phi) is 16.7. The van der Waals surface area contributed by atoms with Crippen LogP contribution < -0.4 is 16.0 Å². The molecule has 284 valence electrons. The van der Waals surface area contributed by atoms with E-state index >= 15 is 0 Å². The molecule has 2 aromatic carbocycles. The van der Waals surface area contributed by atoms with Gasteiger partial charge in [0.1, 0.15) is 24.3 Å². The van der Waals surface area contributed by atoms with Crippen LogP contribution in [0.5, 0.6) is 0 Å². The molecule has 1 aliphatic heterocycles. The average molecular weight is 721 g/mol. The number of esters is 1. The first-order valence-corrected chi connectivity index (χ1v) is 18.1. The average Bonchev–Trinajstić information content (AvgIpc) is 3.60. The summed E-state index contributed by atoms with van der Waals surface area (Å²) in [6, 6.07) is 16.8. The van der Waals surface area contributed by atoms with Crippen LogP contribution in [0.3, 0.4) is 0 Å². The first-order chi connectivity index (χ1) is 24.8. The number of methoxy groups -OCH3 is 1. The SMILES string of the molecule is COC(=O)C(CCCNC(=O)OCc1ccccc1)NC(=O)C1CCCN1C(=O)[C@H](/C=C/[C@H](CC(C)C)NC(=O)OC(C)(C)C)Cc1ccccc1. The van der Waals surface area contributed by atoms with Crippen molar-refractivity contribution in [1.29, 1.82) is 0 Å². The summed E-state index contributed by atoms with van der Waals surface area (Å²) in [5, 5.41) is 8.39. The van der Waals surface area contributed by atoms with E-state index in [0.717, 1.165) is 11.1 Å². The molecule has 1 aliphatic rings. The number of carbonyl (C=O) groups is 5. The van der Waals surface area contributed by atoms with Gasteiger partial charge in [-0.15, -0.1) is 0 Å². The van der Waals surface area contributed by atoms with Crippen LogP contribution in [0.4, 0.5) is 9.59 Å². The Hall–Kier alpha value is -4.87. The first kappa shape index (κ1) is 41.5. The summed E-state index contributed by atoms with van der Waals surface area (Å²) in [6.07, 6.45) is 5.22. The van der Waals surface area contributed by atoms with E-state index in [4.69, 9.17) is 14.2 Å². The molecule has 4 amide bonds. The van der Waals surface area contributed by atoms with E-state index in [9.17, 15) is 24.0 Å². The summed E-state index contributed by atoms with van der Waals surface area (Å²) in [5.41, 5.74) is 1.15. The van der Waals surface area contributed by atoms with E-state index in [1.807, 2.05) is 72.8 Å². The summed E-state index contributed by atoms with van der Waals surface area (Å²) in [4.78, 5) is 67.0. The lowest BCUT2D eigenvalue weighted by molar-refractivity contribution is -0.146. The van der Waals surface area contributed by atoms with Gasteiger partial charge in [-0.2, -0.15) is 0 Å². The maximum Gasteiger partial charge on any atom is 0.408 e. The van der Waals surface area contributed by atoms with Crippen LogP contribution in [-0.4, -0.2) is 78.8 Å². The van der Waals surface area contributed by atoms with Crippen molar-refractivity contribution in [3.8, 4) is 0 Å². The largest absolute Gasteiger partial charge is 0.467 e. The second-order valence-corrected chi connectivity index (χ2v) is 14.5. The molecule has 2 unspecified atom stereocenters. The van der Waals surface area contributed by atoms with Gasteiger partial charge in [0.15, 0.2) is 0 Å². The Morgan fingerprint density at radius 2 is 1.56 bits per heavy atom. The molecule has 1 heterocycles. The summed E-state index contributed by atoms with van der Waals surface area (Å²) in [7, 11) is 1.25. The van der Waals surface area contributed by atoms with Gasteiger partial charge in [-0.3, -0.25) is 9.59 Å². The fourth-order valence-corrected chi connectivity index (χ4v) is 5.97. The molecule has 3 N–H and O–H groups in total. The molecule has 2 aromatic rings. The molecular weight excluding hydrogens is 664 g/mol. The number of alkyl carbamates (subject to hydrolysis) is 2. The van der Waals surface area contributed by atoms with E-state index in [1.54, 1.807) is 25.7 Å². The highest BCUT2D eigenvalue weighted by Gasteiger charge is 2.38. The summed E-state index contributed by atoms with van der Waals surface area (Å²) in [5.74, 6) is -1.63. The molecule has 0 bridgehead atoms. The normalized spacial score (nSPS) is 16.1. The number of hydrogen-bond acceptors (Lipinski definition) is 8. The minimum atomic E-state index is -0.965. The van der Waals surface area contributed by atoms with Crippen LogP contribution in [0.1, 0.15) is 77.8 Å². The molecule has 1 saturated heterocycles. The number of hydrogen-bond donors (Lipinski definition) is 3. The van der Waals surface area contributed by atoms with E-state index in [0.29, 0.717) is 38.6 Å². The maximum absolute atomic E-state index is 14.2. The first-order valence-electron chi connectivity index (χ1n) is 18.1. The molecule has 0 aliphatic carbocycles. The molecule has 12 heteroatoms. The molecule has 1 fully saturated rings. The third-order valence-corrected chi connectivity index (χ3v) is 8.41. The Balaban J connectivity index is 1.67. The Morgan fingerprint density at radius 3 is 2.17 bits per heavy atom. The van der Waals surface area contributed by atoms with E-state index < -0.39 is 47.7 Å². The fourth-order valence-electron chi connectivity index (χ4n) is 5.97. The van der Waals surface area contributed by atoms with Crippen LogP contribution in [0.25, 0.3) is 0 Å². The number of ether oxygens (including phenoxy) is 3. The van der Waals surface area contributed by atoms with Gasteiger partial charge in [0.05, 0.1) is 19.1 Å². The Morgan fingerprint density at radius 1 is 0.904 bits per heavy atom. The van der Waals surface area contributed by atoms with Crippen molar-refractivity contribution in [3.05, 3.63) is 83.9 Å².